The maximum Gasteiger partial charge on any atom is 0.214 e. The molecule has 0 spiro atoms. The van der Waals surface area contributed by atoms with E-state index in [2.05, 4.69) is 20.7 Å². The van der Waals surface area contributed by atoms with Crippen LogP contribution in [0, 0.1) is 6.92 Å². The van der Waals surface area contributed by atoms with Gasteiger partial charge in [-0.1, -0.05) is 64.9 Å². The summed E-state index contributed by atoms with van der Waals surface area (Å²) in [5.41, 5.74) is 3.99. The standard InChI is InChI=1S/C18H15N5OS/c1-13-7-9-15(10-8-13)23-18(19-21-22-23)25-12-16-11-17(20-24-16)14-5-3-2-4-6-14/h2-11H,12H2,1H3. The number of thioether (sulfide) groups is 1. The van der Waals surface area contributed by atoms with Crippen LogP contribution in [0.5, 0.6) is 0 Å². The van der Waals surface area contributed by atoms with Crippen molar-refractivity contribution in [1.29, 1.82) is 0 Å². The smallest absolute Gasteiger partial charge is 0.214 e. The molecule has 0 atom stereocenters. The molecule has 0 saturated heterocycles. The minimum absolute atomic E-state index is 0.603. The predicted molar refractivity (Wildman–Crippen MR) is 95.4 cm³/mol. The zero-order chi connectivity index (χ0) is 17.1. The number of aromatic nitrogens is 5. The number of hydrogen-bond donors (Lipinski definition) is 0. The minimum Gasteiger partial charge on any atom is -0.360 e. The van der Waals surface area contributed by atoms with Crippen molar-refractivity contribution in [2.45, 2.75) is 17.8 Å². The lowest BCUT2D eigenvalue weighted by molar-refractivity contribution is 0.397. The van der Waals surface area contributed by atoms with Gasteiger partial charge in [-0.3, -0.25) is 0 Å². The molecule has 0 radical (unpaired) electrons. The Balaban J connectivity index is 1.49. The van der Waals surface area contributed by atoms with Gasteiger partial charge in [-0.25, -0.2) is 0 Å². The van der Waals surface area contributed by atoms with Gasteiger partial charge >= 0.3 is 0 Å². The minimum atomic E-state index is 0.603. The Hall–Kier alpha value is -2.93. The van der Waals surface area contributed by atoms with Crippen LogP contribution >= 0.6 is 11.8 Å². The Kier molecular flexibility index (Phi) is 4.30. The largest absolute Gasteiger partial charge is 0.360 e. The molecule has 2 aromatic carbocycles. The molecular formula is C18H15N5OS. The van der Waals surface area contributed by atoms with E-state index in [1.165, 1.54) is 17.3 Å². The maximum atomic E-state index is 5.43. The van der Waals surface area contributed by atoms with Crippen LogP contribution in [0.25, 0.3) is 16.9 Å². The fraction of sp³-hybridized carbons (Fsp3) is 0.111. The summed E-state index contributed by atoms with van der Waals surface area (Å²) in [6, 6.07) is 20.0. The van der Waals surface area contributed by atoms with Crippen molar-refractivity contribution in [3.8, 4) is 16.9 Å². The van der Waals surface area contributed by atoms with Crippen LogP contribution in [-0.4, -0.2) is 25.4 Å². The Morgan fingerprint density at radius 1 is 1.04 bits per heavy atom. The van der Waals surface area contributed by atoms with E-state index in [0.29, 0.717) is 10.9 Å². The number of aryl methyl sites for hydroxylation is 1. The average molecular weight is 349 g/mol. The highest BCUT2D eigenvalue weighted by atomic mass is 32.2. The molecule has 2 heterocycles. The third-order valence-corrected chi connectivity index (χ3v) is 4.63. The molecule has 0 fully saturated rings. The van der Waals surface area contributed by atoms with Gasteiger partial charge in [0.05, 0.1) is 11.4 Å². The second-order valence-corrected chi connectivity index (χ2v) is 6.48. The summed E-state index contributed by atoms with van der Waals surface area (Å²) in [6.45, 7) is 2.05. The molecular weight excluding hydrogens is 334 g/mol. The fourth-order valence-corrected chi connectivity index (χ4v) is 3.14. The van der Waals surface area contributed by atoms with Crippen LogP contribution < -0.4 is 0 Å². The molecule has 0 aliphatic heterocycles. The first-order valence-electron chi connectivity index (χ1n) is 7.79. The zero-order valence-electron chi connectivity index (χ0n) is 13.5. The first-order valence-corrected chi connectivity index (χ1v) is 8.77. The second kappa shape index (κ2) is 6.90. The van der Waals surface area contributed by atoms with E-state index in [1.807, 2.05) is 67.6 Å². The van der Waals surface area contributed by atoms with Gasteiger partial charge in [0.1, 0.15) is 11.5 Å². The maximum absolute atomic E-state index is 5.43. The average Bonchev–Trinajstić information content (AvgIpc) is 3.31. The lowest BCUT2D eigenvalue weighted by Gasteiger charge is -2.03. The van der Waals surface area contributed by atoms with Gasteiger partial charge in [-0.05, 0) is 29.5 Å². The van der Waals surface area contributed by atoms with Crippen molar-refractivity contribution in [2.24, 2.45) is 0 Å². The Labute approximate surface area is 148 Å². The third kappa shape index (κ3) is 3.46. The molecule has 2 aromatic heterocycles. The number of benzene rings is 2. The fourth-order valence-electron chi connectivity index (χ4n) is 2.38. The molecule has 0 amide bonds. The molecule has 0 bridgehead atoms. The molecule has 124 valence electrons. The predicted octanol–water partition coefficient (Wildman–Crippen LogP) is 3.92. The van der Waals surface area contributed by atoms with Crippen molar-refractivity contribution in [1.82, 2.24) is 25.4 Å². The summed E-state index contributed by atoms with van der Waals surface area (Å²) in [7, 11) is 0. The van der Waals surface area contributed by atoms with Crippen LogP contribution in [0.3, 0.4) is 0 Å². The van der Waals surface area contributed by atoms with Crippen molar-refractivity contribution >= 4 is 11.8 Å². The normalized spacial score (nSPS) is 10.9. The van der Waals surface area contributed by atoms with Gasteiger partial charge in [0, 0.05) is 11.6 Å². The van der Waals surface area contributed by atoms with Crippen LogP contribution in [-0.2, 0) is 5.75 Å². The molecule has 4 aromatic rings. The SMILES string of the molecule is Cc1ccc(-n2nnnc2SCc2cc(-c3ccccc3)no2)cc1. The molecule has 0 unspecified atom stereocenters. The number of hydrogen-bond acceptors (Lipinski definition) is 6. The highest BCUT2D eigenvalue weighted by molar-refractivity contribution is 7.98. The van der Waals surface area contributed by atoms with E-state index in [0.717, 1.165) is 22.7 Å². The third-order valence-electron chi connectivity index (χ3n) is 3.69. The number of rotatable bonds is 5. The summed E-state index contributed by atoms with van der Waals surface area (Å²) in [5.74, 6) is 1.38. The van der Waals surface area contributed by atoms with Crippen molar-refractivity contribution in [3.63, 3.8) is 0 Å². The van der Waals surface area contributed by atoms with Gasteiger partial charge in [0.25, 0.3) is 0 Å². The summed E-state index contributed by atoms with van der Waals surface area (Å²) >= 11 is 1.51. The number of tetrazole rings is 1. The summed E-state index contributed by atoms with van der Waals surface area (Å²) in [6.07, 6.45) is 0. The van der Waals surface area contributed by atoms with E-state index in [1.54, 1.807) is 4.68 Å². The monoisotopic (exact) mass is 349 g/mol. The summed E-state index contributed by atoms with van der Waals surface area (Å²) in [4.78, 5) is 0. The molecule has 0 N–H and O–H groups in total. The molecule has 0 aliphatic rings. The molecule has 0 aliphatic carbocycles. The van der Waals surface area contributed by atoms with E-state index in [9.17, 15) is 0 Å². The molecule has 0 saturated carbocycles. The van der Waals surface area contributed by atoms with E-state index in [-0.39, 0.29) is 0 Å². The quantitative estimate of drug-likeness (QED) is 0.509. The van der Waals surface area contributed by atoms with Crippen molar-refractivity contribution < 1.29 is 4.52 Å². The first-order chi connectivity index (χ1) is 12.3. The molecule has 4 rings (SSSR count). The Bertz CT molecular complexity index is 963. The Morgan fingerprint density at radius 3 is 2.64 bits per heavy atom. The second-order valence-electron chi connectivity index (χ2n) is 5.54. The van der Waals surface area contributed by atoms with Gasteiger partial charge in [0.15, 0.2) is 0 Å². The van der Waals surface area contributed by atoms with Gasteiger partial charge < -0.3 is 4.52 Å². The highest BCUT2D eigenvalue weighted by Gasteiger charge is 2.12. The zero-order valence-corrected chi connectivity index (χ0v) is 14.3. The highest BCUT2D eigenvalue weighted by Crippen LogP contribution is 2.25. The van der Waals surface area contributed by atoms with E-state index < -0.39 is 0 Å². The topological polar surface area (TPSA) is 69.6 Å². The van der Waals surface area contributed by atoms with Gasteiger partial charge in [-0.2, -0.15) is 4.68 Å². The first kappa shape index (κ1) is 15.6. The van der Waals surface area contributed by atoms with Crippen LogP contribution in [0.2, 0.25) is 0 Å². The number of nitrogens with zero attached hydrogens (tertiary/aromatic N) is 5. The Morgan fingerprint density at radius 2 is 1.84 bits per heavy atom. The molecule has 6 nitrogen and oxygen atoms in total. The van der Waals surface area contributed by atoms with Crippen LogP contribution in [0.1, 0.15) is 11.3 Å². The van der Waals surface area contributed by atoms with Crippen LogP contribution in [0.4, 0.5) is 0 Å². The molecule has 7 heteroatoms. The summed E-state index contributed by atoms with van der Waals surface area (Å²) < 4.78 is 7.15. The van der Waals surface area contributed by atoms with Crippen molar-refractivity contribution in [2.75, 3.05) is 0 Å². The molecule has 25 heavy (non-hydrogen) atoms. The van der Waals surface area contributed by atoms with E-state index in [4.69, 9.17) is 4.52 Å². The lowest BCUT2D eigenvalue weighted by atomic mass is 10.1. The van der Waals surface area contributed by atoms with E-state index >= 15 is 0 Å². The van der Waals surface area contributed by atoms with Gasteiger partial charge in [-0.15, -0.1) is 5.10 Å². The lowest BCUT2D eigenvalue weighted by Crippen LogP contribution is -1.98. The van der Waals surface area contributed by atoms with Crippen molar-refractivity contribution in [3.05, 3.63) is 72.0 Å². The van der Waals surface area contributed by atoms with Crippen LogP contribution in [0.15, 0.2) is 70.3 Å². The van der Waals surface area contributed by atoms with Gasteiger partial charge in [0.2, 0.25) is 5.16 Å². The summed E-state index contributed by atoms with van der Waals surface area (Å²) in [5, 5.41) is 16.8.